The van der Waals surface area contributed by atoms with Gasteiger partial charge in [-0.2, -0.15) is 0 Å². The van der Waals surface area contributed by atoms with Crippen LogP contribution in [-0.2, 0) is 11.3 Å². The Labute approximate surface area is 146 Å². The van der Waals surface area contributed by atoms with Crippen LogP contribution in [0, 0.1) is 0 Å². The molecule has 4 rings (SSSR count). The third kappa shape index (κ3) is 3.24. The normalized spacial score (nSPS) is 17.8. The van der Waals surface area contributed by atoms with Crippen molar-refractivity contribution in [3.8, 4) is 0 Å². The Hall–Kier alpha value is -2.76. The molecule has 1 atom stereocenters. The molecule has 1 aliphatic heterocycles. The van der Waals surface area contributed by atoms with Crippen LogP contribution in [0.4, 0.5) is 0 Å². The maximum Gasteiger partial charge on any atom is 0.225 e. The van der Waals surface area contributed by atoms with Crippen molar-refractivity contribution in [2.75, 3.05) is 6.54 Å². The maximum atomic E-state index is 12.8. The lowest BCUT2D eigenvalue weighted by atomic mass is 9.98. The average Bonchev–Trinajstić information content (AvgIpc) is 3.10. The van der Waals surface area contributed by atoms with Crippen molar-refractivity contribution in [1.82, 2.24) is 24.9 Å². The van der Waals surface area contributed by atoms with Gasteiger partial charge in [-0.05, 0) is 43.5 Å². The molecule has 1 fully saturated rings. The van der Waals surface area contributed by atoms with Gasteiger partial charge in [-0.3, -0.25) is 9.78 Å². The number of fused-ring (bicyclic) bond motifs is 1. The summed E-state index contributed by atoms with van der Waals surface area (Å²) in [4.78, 5) is 19.3. The highest BCUT2D eigenvalue weighted by Gasteiger charge is 2.28. The minimum absolute atomic E-state index is 0.0925. The van der Waals surface area contributed by atoms with E-state index in [1.165, 1.54) is 0 Å². The van der Waals surface area contributed by atoms with Crippen LogP contribution in [0.5, 0.6) is 0 Å². The molecule has 1 aliphatic rings. The number of rotatable bonds is 4. The number of para-hydroxylation sites is 1. The van der Waals surface area contributed by atoms with Crippen molar-refractivity contribution < 1.29 is 4.79 Å². The molecular weight excluding hydrogens is 314 g/mol. The molecule has 2 aromatic heterocycles. The van der Waals surface area contributed by atoms with E-state index in [9.17, 15) is 4.79 Å². The van der Waals surface area contributed by atoms with Crippen molar-refractivity contribution in [1.29, 1.82) is 0 Å². The van der Waals surface area contributed by atoms with E-state index in [4.69, 9.17) is 0 Å². The van der Waals surface area contributed by atoms with Crippen LogP contribution in [0.3, 0.4) is 0 Å². The van der Waals surface area contributed by atoms with Gasteiger partial charge in [-0.25, -0.2) is 4.68 Å². The fraction of sp³-hybridized carbons (Fsp3) is 0.368. The van der Waals surface area contributed by atoms with Crippen LogP contribution in [0.15, 0.2) is 48.7 Å². The smallest absolute Gasteiger partial charge is 0.225 e. The highest BCUT2D eigenvalue weighted by molar-refractivity contribution is 5.77. The van der Waals surface area contributed by atoms with Gasteiger partial charge >= 0.3 is 0 Å². The van der Waals surface area contributed by atoms with Crippen molar-refractivity contribution in [3.05, 3.63) is 54.4 Å². The molecule has 1 aromatic carbocycles. The van der Waals surface area contributed by atoms with Crippen molar-refractivity contribution in [2.24, 2.45) is 0 Å². The molecule has 0 radical (unpaired) electrons. The van der Waals surface area contributed by atoms with Gasteiger partial charge in [0, 0.05) is 19.2 Å². The predicted octanol–water partition coefficient (Wildman–Crippen LogP) is 2.97. The standard InChI is InChI=1S/C19H21N5O/c25-19(11-14-24-18-10-2-1-8-16(18)21-22-24)23-13-6-4-9-17(23)15-7-3-5-12-20-15/h1-3,5,7-8,10,12,17H,4,6,9,11,13-14H2/t17-/m1/s1. The summed E-state index contributed by atoms with van der Waals surface area (Å²) < 4.78 is 1.81. The summed E-state index contributed by atoms with van der Waals surface area (Å²) in [5, 5.41) is 8.32. The average molecular weight is 335 g/mol. The molecular formula is C19H21N5O. The largest absolute Gasteiger partial charge is 0.334 e. The van der Waals surface area contributed by atoms with Gasteiger partial charge in [-0.1, -0.05) is 23.4 Å². The van der Waals surface area contributed by atoms with Crippen LogP contribution >= 0.6 is 0 Å². The van der Waals surface area contributed by atoms with Gasteiger partial charge < -0.3 is 4.90 Å². The second-order valence-electron chi connectivity index (χ2n) is 6.40. The zero-order valence-electron chi connectivity index (χ0n) is 14.1. The molecule has 0 unspecified atom stereocenters. The van der Waals surface area contributed by atoms with Crippen molar-refractivity contribution in [2.45, 2.75) is 38.3 Å². The molecule has 25 heavy (non-hydrogen) atoms. The second-order valence-corrected chi connectivity index (χ2v) is 6.40. The minimum atomic E-state index is 0.0925. The fourth-order valence-electron chi connectivity index (χ4n) is 3.54. The third-order valence-corrected chi connectivity index (χ3v) is 4.81. The SMILES string of the molecule is O=C(CCn1nnc2ccccc21)N1CCCC[C@@H]1c1ccccn1. The van der Waals surface area contributed by atoms with Gasteiger partial charge in [0.15, 0.2) is 0 Å². The molecule has 3 aromatic rings. The molecule has 0 aliphatic carbocycles. The van der Waals surface area contributed by atoms with Crippen molar-refractivity contribution in [3.63, 3.8) is 0 Å². The first kappa shape index (κ1) is 15.7. The number of carbonyl (C=O) groups excluding carboxylic acids is 1. The predicted molar refractivity (Wildman–Crippen MR) is 94.7 cm³/mol. The van der Waals surface area contributed by atoms with Gasteiger partial charge in [0.25, 0.3) is 0 Å². The molecule has 3 heterocycles. The van der Waals surface area contributed by atoms with Crippen LogP contribution < -0.4 is 0 Å². The van der Waals surface area contributed by atoms with E-state index in [0.29, 0.717) is 13.0 Å². The van der Waals surface area contributed by atoms with Gasteiger partial charge in [0.1, 0.15) is 5.52 Å². The summed E-state index contributed by atoms with van der Waals surface area (Å²) in [7, 11) is 0. The number of hydrogen-bond acceptors (Lipinski definition) is 4. The summed E-state index contributed by atoms with van der Waals surface area (Å²) in [6, 6.07) is 13.8. The first-order valence-corrected chi connectivity index (χ1v) is 8.81. The summed E-state index contributed by atoms with van der Waals surface area (Å²) in [5.41, 5.74) is 2.82. The number of aromatic nitrogens is 4. The minimum Gasteiger partial charge on any atom is -0.334 e. The van der Waals surface area contributed by atoms with Crippen LogP contribution in [-0.4, -0.2) is 37.3 Å². The molecule has 1 amide bonds. The van der Waals surface area contributed by atoms with E-state index >= 15 is 0 Å². The number of aryl methyl sites for hydroxylation is 1. The molecule has 0 spiro atoms. The van der Waals surface area contributed by atoms with Crippen LogP contribution in [0.2, 0.25) is 0 Å². The number of likely N-dealkylation sites (tertiary alicyclic amines) is 1. The Morgan fingerprint density at radius 2 is 2.00 bits per heavy atom. The van der Waals surface area contributed by atoms with Gasteiger partial charge in [0.2, 0.25) is 5.91 Å². The lowest BCUT2D eigenvalue weighted by Crippen LogP contribution is -2.39. The molecule has 0 N–H and O–H groups in total. The Morgan fingerprint density at radius 1 is 1.12 bits per heavy atom. The van der Waals surface area contributed by atoms with E-state index in [1.54, 1.807) is 6.20 Å². The Balaban J connectivity index is 1.47. The first-order valence-electron chi connectivity index (χ1n) is 8.81. The highest BCUT2D eigenvalue weighted by atomic mass is 16.2. The zero-order valence-corrected chi connectivity index (χ0v) is 14.1. The van der Waals surface area contributed by atoms with Gasteiger partial charge in [-0.15, -0.1) is 5.10 Å². The van der Waals surface area contributed by atoms with Crippen molar-refractivity contribution >= 4 is 16.9 Å². The molecule has 1 saturated heterocycles. The number of piperidine rings is 1. The van der Waals surface area contributed by atoms with E-state index in [2.05, 4.69) is 15.3 Å². The van der Waals surface area contributed by atoms with Crippen LogP contribution in [0.1, 0.15) is 37.4 Å². The number of nitrogens with zero attached hydrogens (tertiary/aromatic N) is 5. The summed E-state index contributed by atoms with van der Waals surface area (Å²) in [6.07, 6.45) is 5.40. The topological polar surface area (TPSA) is 63.9 Å². The van der Waals surface area contributed by atoms with Crippen LogP contribution in [0.25, 0.3) is 11.0 Å². The lowest BCUT2D eigenvalue weighted by molar-refractivity contribution is -0.135. The Bertz CT molecular complexity index is 860. The van der Waals surface area contributed by atoms with E-state index in [0.717, 1.165) is 42.5 Å². The number of carbonyl (C=O) groups is 1. The highest BCUT2D eigenvalue weighted by Crippen LogP contribution is 2.30. The number of hydrogen-bond donors (Lipinski definition) is 0. The molecule has 6 nitrogen and oxygen atoms in total. The Morgan fingerprint density at radius 3 is 2.88 bits per heavy atom. The summed E-state index contributed by atoms with van der Waals surface area (Å²) in [6.45, 7) is 1.35. The summed E-state index contributed by atoms with van der Waals surface area (Å²) in [5.74, 6) is 0.162. The van der Waals surface area contributed by atoms with E-state index in [-0.39, 0.29) is 11.9 Å². The number of amides is 1. The molecule has 6 heteroatoms. The number of benzene rings is 1. The lowest BCUT2D eigenvalue weighted by Gasteiger charge is -2.35. The third-order valence-electron chi connectivity index (χ3n) is 4.81. The quantitative estimate of drug-likeness (QED) is 0.735. The fourth-order valence-corrected chi connectivity index (χ4v) is 3.54. The molecule has 128 valence electrons. The molecule has 0 bridgehead atoms. The second kappa shape index (κ2) is 7.01. The monoisotopic (exact) mass is 335 g/mol. The van der Waals surface area contributed by atoms with Gasteiger partial charge in [0.05, 0.1) is 23.8 Å². The Kier molecular flexibility index (Phi) is 4.41. The first-order chi connectivity index (χ1) is 12.3. The zero-order chi connectivity index (χ0) is 17.1. The summed E-state index contributed by atoms with van der Waals surface area (Å²) >= 11 is 0. The maximum absolute atomic E-state index is 12.8. The van der Waals surface area contributed by atoms with E-state index in [1.807, 2.05) is 52.0 Å². The molecule has 0 saturated carbocycles. The number of pyridine rings is 1. The van der Waals surface area contributed by atoms with E-state index < -0.39 is 0 Å².